The van der Waals surface area contributed by atoms with Gasteiger partial charge in [0.05, 0.1) is 18.1 Å². The Labute approximate surface area is 126 Å². The molecule has 6 heteroatoms. The van der Waals surface area contributed by atoms with Gasteiger partial charge in [-0.05, 0) is 24.6 Å². The van der Waals surface area contributed by atoms with Gasteiger partial charge in [0.25, 0.3) is 0 Å². The summed E-state index contributed by atoms with van der Waals surface area (Å²) in [5, 5.41) is 22.4. The number of rotatable bonds is 3. The standard InChI is InChI=1S/C16H16N2O4/c1-8(19)10-7-12(17-22)15-11-5-9(6-14(20)21)3-4-13(11)18(2)16(10)15/h3-5,10,22H,6-7H2,1-2H3,(H,20,21). The van der Waals surface area contributed by atoms with E-state index in [0.717, 1.165) is 22.2 Å². The van der Waals surface area contributed by atoms with Crippen LogP contribution in [0.1, 0.15) is 36.1 Å². The van der Waals surface area contributed by atoms with Gasteiger partial charge in [0.1, 0.15) is 5.78 Å². The van der Waals surface area contributed by atoms with Crippen molar-refractivity contribution in [3.05, 3.63) is 35.0 Å². The maximum atomic E-state index is 11.9. The van der Waals surface area contributed by atoms with Gasteiger partial charge >= 0.3 is 5.97 Å². The fourth-order valence-corrected chi connectivity index (χ4v) is 3.33. The summed E-state index contributed by atoms with van der Waals surface area (Å²) in [6.07, 6.45) is 0.310. The molecule has 2 aromatic rings. The van der Waals surface area contributed by atoms with Crippen LogP contribution in [0.15, 0.2) is 23.4 Å². The summed E-state index contributed by atoms with van der Waals surface area (Å²) in [5.41, 5.74) is 3.65. The minimum absolute atomic E-state index is 0.0246. The number of ketones is 1. The number of carbonyl (C=O) groups is 2. The van der Waals surface area contributed by atoms with E-state index in [0.29, 0.717) is 17.7 Å². The van der Waals surface area contributed by atoms with Crippen molar-refractivity contribution in [3.63, 3.8) is 0 Å². The monoisotopic (exact) mass is 300 g/mol. The summed E-state index contributed by atoms with van der Waals surface area (Å²) >= 11 is 0. The van der Waals surface area contributed by atoms with Gasteiger partial charge in [-0.3, -0.25) is 9.59 Å². The Hall–Kier alpha value is -2.63. The quantitative estimate of drug-likeness (QED) is 0.670. The van der Waals surface area contributed by atoms with Crippen LogP contribution < -0.4 is 0 Å². The maximum absolute atomic E-state index is 11.9. The molecule has 0 saturated carbocycles. The summed E-state index contributed by atoms with van der Waals surface area (Å²) in [7, 11) is 1.87. The first-order valence-corrected chi connectivity index (χ1v) is 6.98. The Morgan fingerprint density at radius 3 is 2.73 bits per heavy atom. The SMILES string of the molecule is CC(=O)C1CC(=NO)c2c1n(C)c1ccc(CC(=O)O)cc21. The number of carboxylic acid groups (broad SMARTS) is 1. The lowest BCUT2D eigenvalue weighted by molar-refractivity contribution is -0.136. The predicted molar refractivity (Wildman–Crippen MR) is 80.6 cm³/mol. The van der Waals surface area contributed by atoms with Gasteiger partial charge in [0.15, 0.2) is 0 Å². The molecule has 0 amide bonds. The largest absolute Gasteiger partial charge is 0.481 e. The molecule has 0 saturated heterocycles. The minimum Gasteiger partial charge on any atom is -0.481 e. The smallest absolute Gasteiger partial charge is 0.307 e. The number of fused-ring (bicyclic) bond motifs is 3. The van der Waals surface area contributed by atoms with Crippen LogP contribution in [-0.4, -0.2) is 32.3 Å². The molecule has 0 aliphatic heterocycles. The summed E-state index contributed by atoms with van der Waals surface area (Å²) in [4.78, 5) is 22.8. The Kier molecular flexibility index (Phi) is 3.24. The average Bonchev–Trinajstić information content (AvgIpc) is 2.96. The van der Waals surface area contributed by atoms with Crippen LogP contribution in [0, 0.1) is 0 Å². The zero-order chi connectivity index (χ0) is 16.0. The van der Waals surface area contributed by atoms with Gasteiger partial charge in [-0.1, -0.05) is 11.2 Å². The molecule has 1 unspecified atom stereocenters. The molecule has 6 nitrogen and oxygen atoms in total. The Morgan fingerprint density at radius 2 is 2.14 bits per heavy atom. The van der Waals surface area contributed by atoms with E-state index in [4.69, 9.17) is 5.11 Å². The van der Waals surface area contributed by atoms with Crippen molar-refractivity contribution in [1.82, 2.24) is 4.57 Å². The van der Waals surface area contributed by atoms with Gasteiger partial charge in [-0.15, -0.1) is 0 Å². The maximum Gasteiger partial charge on any atom is 0.307 e. The summed E-state index contributed by atoms with van der Waals surface area (Å²) in [6, 6.07) is 5.41. The first kappa shape index (κ1) is 14.3. The molecule has 1 aliphatic carbocycles. The predicted octanol–water partition coefficient (Wildman–Crippen LogP) is 2.06. The Bertz CT molecular complexity index is 832. The molecule has 1 aromatic heterocycles. The highest BCUT2D eigenvalue weighted by Crippen LogP contribution is 2.40. The highest BCUT2D eigenvalue weighted by Gasteiger charge is 2.36. The molecule has 0 fully saturated rings. The molecular weight excluding hydrogens is 284 g/mol. The summed E-state index contributed by atoms with van der Waals surface area (Å²) < 4.78 is 1.93. The van der Waals surface area contributed by atoms with E-state index in [9.17, 15) is 14.8 Å². The van der Waals surface area contributed by atoms with E-state index >= 15 is 0 Å². The zero-order valence-electron chi connectivity index (χ0n) is 12.3. The average molecular weight is 300 g/mol. The third-order valence-corrected chi connectivity index (χ3v) is 4.29. The van der Waals surface area contributed by atoms with Crippen LogP contribution in [0.5, 0.6) is 0 Å². The number of aliphatic carboxylic acids is 1. The van der Waals surface area contributed by atoms with Crippen molar-refractivity contribution < 1.29 is 19.9 Å². The van der Waals surface area contributed by atoms with Crippen LogP contribution in [0.25, 0.3) is 10.9 Å². The van der Waals surface area contributed by atoms with Crippen molar-refractivity contribution in [1.29, 1.82) is 0 Å². The van der Waals surface area contributed by atoms with Crippen LogP contribution in [0.2, 0.25) is 0 Å². The summed E-state index contributed by atoms with van der Waals surface area (Å²) in [6.45, 7) is 1.53. The fraction of sp³-hybridized carbons (Fsp3) is 0.312. The number of carbonyl (C=O) groups excluding carboxylic acids is 1. The van der Waals surface area contributed by atoms with E-state index < -0.39 is 5.97 Å². The summed E-state index contributed by atoms with van der Waals surface area (Å²) in [5.74, 6) is -1.19. The molecule has 0 bridgehead atoms. The van der Waals surface area contributed by atoms with E-state index in [2.05, 4.69) is 5.16 Å². The number of nitrogens with zero attached hydrogens (tertiary/aromatic N) is 2. The zero-order valence-corrected chi connectivity index (χ0v) is 12.3. The van der Waals surface area contributed by atoms with E-state index in [-0.39, 0.29) is 18.1 Å². The van der Waals surface area contributed by atoms with Crippen molar-refractivity contribution >= 4 is 28.4 Å². The molecule has 22 heavy (non-hydrogen) atoms. The second-order valence-electron chi connectivity index (χ2n) is 5.66. The van der Waals surface area contributed by atoms with Crippen LogP contribution in [0.3, 0.4) is 0 Å². The van der Waals surface area contributed by atoms with Crippen LogP contribution >= 0.6 is 0 Å². The Morgan fingerprint density at radius 1 is 1.41 bits per heavy atom. The molecule has 3 rings (SSSR count). The molecule has 0 radical (unpaired) electrons. The molecule has 0 spiro atoms. The third kappa shape index (κ3) is 1.99. The normalized spacial score (nSPS) is 18.8. The molecule has 1 atom stereocenters. The van der Waals surface area contributed by atoms with Gasteiger partial charge in [-0.2, -0.15) is 0 Å². The van der Waals surface area contributed by atoms with E-state index in [1.807, 2.05) is 17.7 Å². The van der Waals surface area contributed by atoms with Gasteiger partial charge in [-0.25, -0.2) is 0 Å². The van der Waals surface area contributed by atoms with Gasteiger partial charge in [0.2, 0.25) is 0 Å². The number of Topliss-reactive ketones (excluding diaryl/α,β-unsaturated/α-hetero) is 1. The number of hydrogen-bond acceptors (Lipinski definition) is 4. The van der Waals surface area contributed by atoms with Crippen molar-refractivity contribution in [2.75, 3.05) is 0 Å². The topological polar surface area (TPSA) is 91.9 Å². The van der Waals surface area contributed by atoms with Crippen molar-refractivity contribution in [2.45, 2.75) is 25.7 Å². The first-order chi connectivity index (χ1) is 10.4. The number of benzene rings is 1. The lowest BCUT2D eigenvalue weighted by Gasteiger charge is -2.09. The lowest BCUT2D eigenvalue weighted by atomic mass is 10.0. The van der Waals surface area contributed by atoms with Gasteiger partial charge < -0.3 is 14.9 Å². The first-order valence-electron chi connectivity index (χ1n) is 6.98. The highest BCUT2D eigenvalue weighted by atomic mass is 16.4. The highest BCUT2D eigenvalue weighted by molar-refractivity contribution is 6.17. The second kappa shape index (κ2) is 4.98. The van der Waals surface area contributed by atoms with Crippen molar-refractivity contribution in [3.8, 4) is 0 Å². The van der Waals surface area contributed by atoms with E-state index in [1.165, 1.54) is 6.92 Å². The number of hydrogen-bond donors (Lipinski definition) is 2. The molecule has 114 valence electrons. The van der Waals surface area contributed by atoms with E-state index in [1.54, 1.807) is 12.1 Å². The fourth-order valence-electron chi connectivity index (χ4n) is 3.33. The lowest BCUT2D eigenvalue weighted by Crippen LogP contribution is -2.10. The van der Waals surface area contributed by atoms with Gasteiger partial charge in [0, 0.05) is 35.6 Å². The molecule has 1 heterocycles. The minimum atomic E-state index is -0.899. The molecular formula is C16H16N2O4. The molecule has 1 aromatic carbocycles. The van der Waals surface area contributed by atoms with Crippen LogP contribution in [0.4, 0.5) is 0 Å². The number of aromatic nitrogens is 1. The number of oxime groups is 1. The van der Waals surface area contributed by atoms with Crippen molar-refractivity contribution in [2.24, 2.45) is 12.2 Å². The number of carboxylic acids is 1. The second-order valence-corrected chi connectivity index (χ2v) is 5.66. The Balaban J connectivity index is 2.28. The number of aryl methyl sites for hydroxylation is 1. The van der Waals surface area contributed by atoms with Crippen LogP contribution in [-0.2, 0) is 23.1 Å². The molecule has 1 aliphatic rings. The molecule has 2 N–H and O–H groups in total. The third-order valence-electron chi connectivity index (χ3n) is 4.29.